The van der Waals surface area contributed by atoms with Crippen LogP contribution in [0.5, 0.6) is 0 Å². The molecule has 1 aliphatic carbocycles. The van der Waals surface area contributed by atoms with Crippen LogP contribution >= 0.6 is 0 Å². The van der Waals surface area contributed by atoms with E-state index in [4.69, 9.17) is 0 Å². The highest BCUT2D eigenvalue weighted by atomic mass is 16.1. The van der Waals surface area contributed by atoms with E-state index in [0.29, 0.717) is 0 Å². The molecule has 0 N–H and O–H groups in total. The van der Waals surface area contributed by atoms with Crippen LogP contribution in [0.3, 0.4) is 0 Å². The fourth-order valence-corrected chi connectivity index (χ4v) is 2.02. The normalized spacial score (nSPS) is 16.9. The van der Waals surface area contributed by atoms with Gasteiger partial charge in [0.2, 0.25) is 0 Å². The van der Waals surface area contributed by atoms with Gasteiger partial charge in [-0.2, -0.15) is 5.11 Å². The Morgan fingerprint density at radius 2 is 1.43 bits per heavy atom. The van der Waals surface area contributed by atoms with E-state index in [-0.39, 0.29) is 22.5 Å². The van der Waals surface area contributed by atoms with Crippen LogP contribution in [-0.2, 0) is 9.59 Å². The molecule has 0 radical (unpaired) electrons. The van der Waals surface area contributed by atoms with Gasteiger partial charge in [0.15, 0.2) is 5.78 Å². The molecule has 0 aromatic carbocycles. The molecule has 21 heavy (non-hydrogen) atoms. The Hall–Kier alpha value is -1.84. The molecule has 1 rings (SSSR count). The zero-order chi connectivity index (χ0) is 16.4. The molecule has 0 saturated carbocycles. The van der Waals surface area contributed by atoms with Crippen molar-refractivity contribution >= 4 is 11.7 Å². The lowest BCUT2D eigenvalue weighted by molar-refractivity contribution is -0.116. The molecule has 0 saturated heterocycles. The Kier molecular flexibility index (Phi) is 4.82. The predicted octanol–water partition coefficient (Wildman–Crippen LogP) is 4.40. The Bertz CT molecular complexity index is 541. The van der Waals surface area contributed by atoms with Gasteiger partial charge in [0.05, 0.1) is 6.20 Å². The summed E-state index contributed by atoms with van der Waals surface area (Å²) >= 11 is 0. The van der Waals surface area contributed by atoms with Crippen molar-refractivity contribution in [3.05, 3.63) is 35.1 Å². The average molecular weight is 288 g/mol. The number of allylic oxidation sites excluding steroid dienone is 5. The summed E-state index contributed by atoms with van der Waals surface area (Å²) in [7, 11) is 0. The minimum absolute atomic E-state index is 0.0793. The zero-order valence-electron chi connectivity index (χ0n) is 13.9. The van der Waals surface area contributed by atoms with Gasteiger partial charge >= 0.3 is 0 Å². The Balaban J connectivity index is 3.35. The number of carbonyl (C=O) groups excluding carboxylic acids is 2. The minimum atomic E-state index is -0.348. The van der Waals surface area contributed by atoms with Gasteiger partial charge in [-0.3, -0.25) is 9.59 Å². The molecule has 0 spiro atoms. The lowest BCUT2D eigenvalue weighted by Gasteiger charge is -2.31. The lowest BCUT2D eigenvalue weighted by atomic mass is 9.72. The van der Waals surface area contributed by atoms with Crippen molar-refractivity contribution < 1.29 is 9.59 Å². The number of hydrogen-bond donors (Lipinski definition) is 0. The molecule has 1 amide bonds. The summed E-state index contributed by atoms with van der Waals surface area (Å²) in [5, 5.41) is 7.24. The molecule has 0 aromatic rings. The van der Waals surface area contributed by atoms with E-state index < -0.39 is 0 Å². The van der Waals surface area contributed by atoms with Crippen LogP contribution in [0.2, 0.25) is 0 Å². The summed E-state index contributed by atoms with van der Waals surface area (Å²) in [6, 6.07) is 0. The van der Waals surface area contributed by atoms with E-state index in [1.165, 1.54) is 13.1 Å². The summed E-state index contributed by atoms with van der Waals surface area (Å²) in [6.45, 7) is 13.4. The van der Waals surface area contributed by atoms with Crippen molar-refractivity contribution in [2.24, 2.45) is 21.1 Å². The Morgan fingerprint density at radius 3 is 1.76 bits per heavy atom. The fourth-order valence-electron chi connectivity index (χ4n) is 2.02. The molecule has 4 nitrogen and oxygen atoms in total. The number of azo groups is 1. The van der Waals surface area contributed by atoms with Gasteiger partial charge in [-0.15, -0.1) is 5.11 Å². The van der Waals surface area contributed by atoms with Gasteiger partial charge in [-0.25, -0.2) is 0 Å². The van der Waals surface area contributed by atoms with Crippen molar-refractivity contribution in [2.45, 2.75) is 48.5 Å². The second-order valence-corrected chi connectivity index (χ2v) is 7.31. The first-order valence-electron chi connectivity index (χ1n) is 7.03. The van der Waals surface area contributed by atoms with Crippen molar-refractivity contribution in [1.29, 1.82) is 0 Å². The third kappa shape index (κ3) is 4.59. The molecule has 0 bridgehead atoms. The molecule has 0 unspecified atom stereocenters. The van der Waals surface area contributed by atoms with E-state index >= 15 is 0 Å². The number of Topliss-reactive ketones (excluding diaryl/α,β-unsaturated/α-hetero) is 1. The van der Waals surface area contributed by atoms with Crippen molar-refractivity contribution in [2.75, 3.05) is 0 Å². The molecule has 4 heteroatoms. The van der Waals surface area contributed by atoms with E-state index in [0.717, 1.165) is 16.7 Å². The van der Waals surface area contributed by atoms with E-state index in [9.17, 15) is 9.59 Å². The van der Waals surface area contributed by atoms with Crippen LogP contribution in [0.15, 0.2) is 45.3 Å². The Morgan fingerprint density at radius 1 is 1.00 bits per heavy atom. The lowest BCUT2D eigenvalue weighted by Crippen LogP contribution is -2.27. The largest absolute Gasteiger partial charge is 0.289 e. The monoisotopic (exact) mass is 288 g/mol. The zero-order valence-corrected chi connectivity index (χ0v) is 13.9. The van der Waals surface area contributed by atoms with Crippen LogP contribution in [0.4, 0.5) is 0 Å². The van der Waals surface area contributed by atoms with Gasteiger partial charge in [0.25, 0.3) is 5.91 Å². The molecule has 0 aliphatic heterocycles. The highest BCUT2D eigenvalue weighted by molar-refractivity contribution is 6.11. The van der Waals surface area contributed by atoms with Gasteiger partial charge in [-0.05, 0) is 28.6 Å². The van der Waals surface area contributed by atoms with Crippen LogP contribution in [0.25, 0.3) is 0 Å². The molecule has 0 fully saturated rings. The molecule has 0 aromatic heterocycles. The highest BCUT2D eigenvalue weighted by Gasteiger charge is 2.33. The topological polar surface area (TPSA) is 58.9 Å². The minimum Gasteiger partial charge on any atom is -0.289 e. The molecule has 0 atom stereocenters. The van der Waals surface area contributed by atoms with Gasteiger partial charge in [0, 0.05) is 18.1 Å². The predicted molar refractivity (Wildman–Crippen MR) is 83.7 cm³/mol. The fraction of sp³-hybridized carbons (Fsp3) is 0.529. The highest BCUT2D eigenvalue weighted by Crippen LogP contribution is 2.38. The summed E-state index contributed by atoms with van der Waals surface area (Å²) in [5.41, 5.74) is 1.78. The van der Waals surface area contributed by atoms with Crippen molar-refractivity contribution in [1.82, 2.24) is 0 Å². The van der Waals surface area contributed by atoms with Gasteiger partial charge in [0.1, 0.15) is 0 Å². The standard InChI is InChI=1S/C17H24N2O2/c1-11(20)19-18-10-12-8-13(16(2,3)4)15(21)14(9-12)17(5,6)7/h8-10H,1-7H3/b19-18+. The third-order valence-electron chi connectivity index (χ3n) is 3.13. The van der Waals surface area contributed by atoms with E-state index in [1.54, 1.807) is 0 Å². The van der Waals surface area contributed by atoms with Crippen LogP contribution in [0, 0.1) is 10.8 Å². The van der Waals surface area contributed by atoms with Crippen LogP contribution in [-0.4, -0.2) is 11.7 Å². The summed E-state index contributed by atoms with van der Waals surface area (Å²) < 4.78 is 0. The van der Waals surface area contributed by atoms with Crippen molar-refractivity contribution in [3.63, 3.8) is 0 Å². The number of carbonyl (C=O) groups is 2. The Labute approximate surface area is 126 Å². The molecule has 114 valence electrons. The summed E-state index contributed by atoms with van der Waals surface area (Å²) in [5.74, 6) is -0.269. The number of hydrogen-bond acceptors (Lipinski definition) is 3. The van der Waals surface area contributed by atoms with Crippen LogP contribution < -0.4 is 0 Å². The SMILES string of the molecule is CC(=O)/N=N/C=C1C=C(C(C)(C)C)C(=O)C(C(C)(C)C)=C1. The molecular formula is C17H24N2O2. The number of nitrogens with zero attached hydrogens (tertiary/aromatic N) is 2. The first kappa shape index (κ1) is 17.2. The van der Waals surface area contributed by atoms with Crippen molar-refractivity contribution in [3.8, 4) is 0 Å². The second-order valence-electron chi connectivity index (χ2n) is 7.31. The maximum atomic E-state index is 12.7. The first-order valence-corrected chi connectivity index (χ1v) is 7.03. The van der Waals surface area contributed by atoms with E-state index in [1.807, 2.05) is 53.7 Å². The number of rotatable bonds is 1. The molecular weight excluding hydrogens is 264 g/mol. The third-order valence-corrected chi connectivity index (χ3v) is 3.13. The maximum Gasteiger partial charge on any atom is 0.261 e. The quantitative estimate of drug-likeness (QED) is 0.671. The summed E-state index contributed by atoms with van der Waals surface area (Å²) in [6.07, 6.45) is 5.18. The maximum absolute atomic E-state index is 12.7. The van der Waals surface area contributed by atoms with Crippen LogP contribution in [0.1, 0.15) is 48.5 Å². The number of ketones is 1. The van der Waals surface area contributed by atoms with Gasteiger partial charge in [-0.1, -0.05) is 41.5 Å². The first-order chi connectivity index (χ1) is 9.43. The summed E-state index contributed by atoms with van der Waals surface area (Å²) in [4.78, 5) is 23.5. The van der Waals surface area contributed by atoms with E-state index in [2.05, 4.69) is 10.2 Å². The number of amides is 1. The second kappa shape index (κ2) is 5.88. The smallest absolute Gasteiger partial charge is 0.261 e. The average Bonchev–Trinajstić information content (AvgIpc) is 2.27. The van der Waals surface area contributed by atoms with Gasteiger partial charge < -0.3 is 0 Å². The molecule has 1 aliphatic rings. The molecule has 0 heterocycles.